The van der Waals surface area contributed by atoms with Crippen molar-refractivity contribution in [2.45, 2.75) is 24.2 Å². The zero-order valence-electron chi connectivity index (χ0n) is 77.6. The largest absolute Gasteiger partial charge is 0.493 e. The van der Waals surface area contributed by atoms with E-state index >= 15 is 26.3 Å². The minimum Gasteiger partial charge on any atom is -0.493 e. The van der Waals surface area contributed by atoms with Crippen molar-refractivity contribution in [3.05, 3.63) is 127 Å². The summed E-state index contributed by atoms with van der Waals surface area (Å²) < 4.78 is 268. The van der Waals surface area contributed by atoms with Crippen LogP contribution < -0.4 is 18.9 Å². The van der Waals surface area contributed by atoms with E-state index < -0.39 is 57.0 Å². The van der Waals surface area contributed by atoms with Crippen LogP contribution in [-0.2, 0) is 120 Å². The first-order valence-corrected chi connectivity index (χ1v) is 44.5. The molecule has 0 amide bonds. The first-order valence-electron chi connectivity index (χ1n) is 42.9. The van der Waals surface area contributed by atoms with E-state index in [2.05, 4.69) is 6.58 Å². The average Bonchev–Trinajstić information content (AvgIpc) is 1.14. The van der Waals surface area contributed by atoms with E-state index in [-0.39, 0.29) is 216 Å². The van der Waals surface area contributed by atoms with Gasteiger partial charge < -0.3 is 133 Å². The van der Waals surface area contributed by atoms with Crippen molar-refractivity contribution < 1.29 is 159 Å². The van der Waals surface area contributed by atoms with E-state index in [0.717, 1.165) is 22.7 Å². The topological polar surface area (TPSA) is 258 Å². The third-order valence-electron chi connectivity index (χ3n) is 20.3. The summed E-state index contributed by atoms with van der Waals surface area (Å²) in [5, 5.41) is 0. The zero-order chi connectivity index (χ0) is 94.1. The molecule has 0 bridgehead atoms. The first kappa shape index (κ1) is 113. The van der Waals surface area contributed by atoms with Crippen LogP contribution in [0.15, 0.2) is 116 Å². The fraction of sp³-hybridized carbons (Fsp3) is 0.638. The number of hydrogen-bond donors (Lipinski definition) is 0. The van der Waals surface area contributed by atoms with E-state index in [1.54, 1.807) is 182 Å². The molecule has 0 aliphatic rings. The van der Waals surface area contributed by atoms with Crippen LogP contribution in [0.5, 0.6) is 23.0 Å². The molecule has 0 spiro atoms. The molecule has 36 heteroatoms. The van der Waals surface area contributed by atoms with Crippen LogP contribution in [0.4, 0.5) is 26.3 Å². The molecule has 28 nitrogen and oxygen atoms in total. The third-order valence-corrected chi connectivity index (χ3v) is 22.8. The monoisotopic (exact) mass is 1890 g/mol. The van der Waals surface area contributed by atoms with Gasteiger partial charge in [0, 0.05) is 122 Å². The molecule has 0 aliphatic heterocycles. The summed E-state index contributed by atoms with van der Waals surface area (Å²) in [7, 11) is 18.7. The van der Waals surface area contributed by atoms with Crippen molar-refractivity contribution in [1.29, 1.82) is 0 Å². The molecule has 0 N–H and O–H groups in total. The lowest BCUT2D eigenvalue weighted by Gasteiger charge is -2.34. The standard InChI is InChI=1S/C94H138F6O28S2/c1-73(83-55-85(75-16-24-80(25-17-75)126-70-89(60-116-45-33-104-5,61-117-46-34-105-6)62-118-47-35-106-7)130-87(83)77-20-28-82(29-21-77)128-72-91(66-122-51-39-110-11,67-123-52-40-111-12)68-124-53-41-112-13)93(97,98)94(99,100)92(95,96)56-78-54-84(74-14-22-79(23-15-74)125-69-88(57-113-42-30-101-2,58-114-43-31-102-3)59-115-44-32-103-4)129-86(78)76-18-26-81(27-19-76)127-71-90(63-119-48-36-107-8,64-120-49-37-108-9)65-121-50-38-109-10/h14-29,54-55H,1,30-53,56-72H2,2-13H3. The first-order chi connectivity index (χ1) is 63.0. The lowest BCUT2D eigenvalue weighted by atomic mass is 9.89. The SMILES string of the molecule is C=C(c1cc(-c2ccc(OCC(COCCOC)(COCCOC)COCCOC)cc2)sc1-c1ccc(OCC(COCCOC)(COCCOC)COCCOC)cc1)C(F)(F)C(F)(F)C(F)(F)Cc1cc(-c2ccc(OCC(COCCOC)(COCCOC)COCCOC)cc2)sc1-c1ccc(OCC(COCCOC)(COCCOC)COCCOC)cc1. The normalized spacial score (nSPS) is 12.6. The maximum atomic E-state index is 17.9. The summed E-state index contributed by atoms with van der Waals surface area (Å²) in [6, 6.07) is 28.4. The van der Waals surface area contributed by atoms with Crippen molar-refractivity contribution in [2.75, 3.05) is 350 Å². The second-order valence-electron chi connectivity index (χ2n) is 31.1. The van der Waals surface area contributed by atoms with Gasteiger partial charge in [0.05, 0.1) is 260 Å². The van der Waals surface area contributed by atoms with Gasteiger partial charge in [-0.1, -0.05) is 6.58 Å². The van der Waals surface area contributed by atoms with E-state index in [0.29, 0.717) is 118 Å². The van der Waals surface area contributed by atoms with Crippen LogP contribution in [0.3, 0.4) is 0 Å². The Hall–Kier alpha value is -6.16. The fourth-order valence-corrected chi connectivity index (χ4v) is 15.2. The van der Waals surface area contributed by atoms with Crippen LogP contribution in [0.25, 0.3) is 47.3 Å². The van der Waals surface area contributed by atoms with Crippen molar-refractivity contribution in [1.82, 2.24) is 0 Å². The Kier molecular flexibility index (Phi) is 54.7. The summed E-state index contributed by atoms with van der Waals surface area (Å²) in [5.74, 6) is -15.9. The second kappa shape index (κ2) is 63.2. The molecule has 130 heavy (non-hydrogen) atoms. The number of benzene rings is 4. The Morgan fingerprint density at radius 1 is 0.254 bits per heavy atom. The summed E-state index contributed by atoms with van der Waals surface area (Å²) in [6.07, 6.45) is -1.88. The fourth-order valence-electron chi connectivity index (χ4n) is 12.8. The van der Waals surface area contributed by atoms with Gasteiger partial charge in [0.25, 0.3) is 0 Å². The highest BCUT2D eigenvalue weighted by Gasteiger charge is 2.72. The molecule has 2 aromatic heterocycles. The van der Waals surface area contributed by atoms with Crippen LogP contribution in [0.2, 0.25) is 0 Å². The number of thiophene rings is 2. The number of hydrogen-bond acceptors (Lipinski definition) is 30. The molecule has 0 radical (unpaired) electrons. The quantitative estimate of drug-likeness (QED) is 0.0254. The van der Waals surface area contributed by atoms with Crippen LogP contribution in [0.1, 0.15) is 11.1 Å². The van der Waals surface area contributed by atoms with E-state index in [9.17, 15) is 0 Å². The smallest absolute Gasteiger partial charge is 0.376 e. The van der Waals surface area contributed by atoms with Gasteiger partial charge in [0.15, 0.2) is 0 Å². The molecule has 736 valence electrons. The third kappa shape index (κ3) is 38.5. The zero-order valence-corrected chi connectivity index (χ0v) is 79.2. The lowest BCUT2D eigenvalue weighted by molar-refractivity contribution is -0.287. The summed E-state index contributed by atoms with van der Waals surface area (Å²) in [6.45, 7) is 12.1. The summed E-state index contributed by atoms with van der Waals surface area (Å²) >= 11 is 1.94. The van der Waals surface area contributed by atoms with Gasteiger partial charge >= 0.3 is 17.8 Å². The summed E-state index contributed by atoms with van der Waals surface area (Å²) in [4.78, 5) is 0.675. The lowest BCUT2D eigenvalue weighted by Crippen LogP contribution is -2.55. The Balaban J connectivity index is 1.46. The molecule has 6 rings (SSSR count). The van der Waals surface area contributed by atoms with Gasteiger partial charge in [-0.25, -0.2) is 0 Å². The average molecular weight is 1890 g/mol. The van der Waals surface area contributed by atoms with Crippen LogP contribution in [0, 0.1) is 21.7 Å². The van der Waals surface area contributed by atoms with E-state index in [4.69, 9.17) is 133 Å². The molecule has 0 aliphatic carbocycles. The molecular weight excluding hydrogens is 1760 g/mol. The number of rotatable bonds is 82. The molecule has 0 fully saturated rings. The van der Waals surface area contributed by atoms with Crippen LogP contribution in [-0.4, -0.2) is 367 Å². The van der Waals surface area contributed by atoms with Gasteiger partial charge in [-0.15, -0.1) is 22.7 Å². The number of alkyl halides is 6. The van der Waals surface area contributed by atoms with Gasteiger partial charge in [0.2, 0.25) is 0 Å². The molecule has 6 aromatic rings. The number of ether oxygens (including phenoxy) is 28. The van der Waals surface area contributed by atoms with Crippen molar-refractivity contribution in [2.24, 2.45) is 21.7 Å². The molecule has 0 saturated carbocycles. The maximum absolute atomic E-state index is 17.9. The predicted octanol–water partition coefficient (Wildman–Crippen LogP) is 14.1. The highest BCUT2D eigenvalue weighted by atomic mass is 32.1. The van der Waals surface area contributed by atoms with Crippen molar-refractivity contribution in [3.8, 4) is 64.8 Å². The Labute approximate surface area is 770 Å². The van der Waals surface area contributed by atoms with E-state index in [1.807, 2.05) is 0 Å². The minimum absolute atomic E-state index is 0.00409. The highest BCUT2D eigenvalue weighted by Crippen LogP contribution is 2.56. The number of allylic oxidation sites excluding steroid dienone is 1. The van der Waals surface area contributed by atoms with Crippen LogP contribution >= 0.6 is 22.7 Å². The Morgan fingerprint density at radius 2 is 0.454 bits per heavy atom. The molecule has 0 atom stereocenters. The molecule has 2 heterocycles. The maximum Gasteiger partial charge on any atom is 0.376 e. The second-order valence-corrected chi connectivity index (χ2v) is 33.2. The predicted molar refractivity (Wildman–Crippen MR) is 482 cm³/mol. The van der Waals surface area contributed by atoms with E-state index in [1.165, 1.54) is 12.1 Å². The molecule has 0 saturated heterocycles. The minimum atomic E-state index is -6.13. The van der Waals surface area contributed by atoms with Crippen molar-refractivity contribution in [3.63, 3.8) is 0 Å². The van der Waals surface area contributed by atoms with Gasteiger partial charge in [0.1, 0.15) is 49.4 Å². The number of halogens is 6. The Morgan fingerprint density at radius 3 is 0.677 bits per heavy atom. The summed E-state index contributed by atoms with van der Waals surface area (Å²) in [5.41, 5.74) is -4.63. The van der Waals surface area contributed by atoms with Crippen molar-refractivity contribution >= 4 is 28.2 Å². The van der Waals surface area contributed by atoms with Gasteiger partial charge in [-0.3, -0.25) is 0 Å². The number of methoxy groups -OCH3 is 12. The van der Waals surface area contributed by atoms with Gasteiger partial charge in [-0.05, 0) is 137 Å². The van der Waals surface area contributed by atoms with Gasteiger partial charge in [-0.2, -0.15) is 26.3 Å². The molecule has 0 unspecified atom stereocenters. The highest BCUT2D eigenvalue weighted by molar-refractivity contribution is 7.19. The molecule has 4 aromatic carbocycles. The Bertz CT molecular complexity index is 3780. The molecular formula is C94H138F6O28S2.